The van der Waals surface area contributed by atoms with Crippen molar-refractivity contribution in [1.29, 1.82) is 0 Å². The minimum absolute atomic E-state index is 0.0156. The number of rotatable bonds is 5. The van der Waals surface area contributed by atoms with E-state index in [0.717, 1.165) is 32.1 Å². The second-order valence-corrected chi connectivity index (χ2v) is 8.37. The highest BCUT2D eigenvalue weighted by Crippen LogP contribution is 2.37. The molecule has 2 aliphatic carbocycles. The predicted octanol–water partition coefficient (Wildman–Crippen LogP) is 1.95. The molecular formula is C14H23NO3S. The Balaban J connectivity index is 1.68. The summed E-state index contributed by atoms with van der Waals surface area (Å²) in [6.45, 7) is 0.626. The zero-order valence-corrected chi connectivity index (χ0v) is 12.2. The number of carbonyl (C=O) groups is 1. The van der Waals surface area contributed by atoms with E-state index in [4.69, 9.17) is 0 Å². The third kappa shape index (κ3) is 2.87. The average molecular weight is 285 g/mol. The summed E-state index contributed by atoms with van der Waals surface area (Å²) in [7, 11) is -3.14. The van der Waals surface area contributed by atoms with Crippen LogP contribution in [-0.2, 0) is 14.8 Å². The van der Waals surface area contributed by atoms with Gasteiger partial charge >= 0.3 is 0 Å². The first kappa shape index (κ1) is 13.6. The molecule has 1 aliphatic heterocycles. The molecule has 19 heavy (non-hydrogen) atoms. The van der Waals surface area contributed by atoms with Crippen LogP contribution in [0.15, 0.2) is 0 Å². The average Bonchev–Trinajstić information content (AvgIpc) is 2.88. The maximum absolute atomic E-state index is 12.5. The molecule has 0 N–H and O–H groups in total. The highest BCUT2D eigenvalue weighted by molar-refractivity contribution is 7.89. The Morgan fingerprint density at radius 1 is 1.11 bits per heavy atom. The third-order valence-electron chi connectivity index (χ3n) is 4.90. The van der Waals surface area contributed by atoms with Crippen molar-refractivity contribution >= 4 is 15.8 Å². The maximum Gasteiger partial charge on any atom is 0.214 e. The van der Waals surface area contributed by atoms with Gasteiger partial charge in [0.25, 0.3) is 0 Å². The largest absolute Gasteiger partial charge is 0.299 e. The molecule has 0 spiro atoms. The van der Waals surface area contributed by atoms with E-state index >= 15 is 0 Å². The molecule has 1 saturated heterocycles. The van der Waals surface area contributed by atoms with Crippen molar-refractivity contribution in [3.63, 3.8) is 0 Å². The normalized spacial score (nSPS) is 33.2. The monoisotopic (exact) mass is 285 g/mol. The summed E-state index contributed by atoms with van der Waals surface area (Å²) < 4.78 is 26.6. The zero-order valence-electron chi connectivity index (χ0n) is 11.4. The van der Waals surface area contributed by atoms with Crippen molar-refractivity contribution in [3.05, 3.63) is 0 Å². The van der Waals surface area contributed by atoms with Crippen molar-refractivity contribution in [2.24, 2.45) is 11.8 Å². The lowest BCUT2D eigenvalue weighted by Crippen LogP contribution is -2.42. The number of carbonyl (C=O) groups excluding carboxylic acids is 1. The van der Waals surface area contributed by atoms with Crippen LogP contribution < -0.4 is 0 Å². The third-order valence-corrected chi connectivity index (χ3v) is 6.82. The Kier molecular flexibility index (Phi) is 3.69. The van der Waals surface area contributed by atoms with Crippen LogP contribution in [0.5, 0.6) is 0 Å². The van der Waals surface area contributed by atoms with Crippen molar-refractivity contribution < 1.29 is 13.2 Å². The van der Waals surface area contributed by atoms with E-state index < -0.39 is 10.0 Å². The minimum atomic E-state index is -3.14. The highest BCUT2D eigenvalue weighted by atomic mass is 32.2. The van der Waals surface area contributed by atoms with E-state index in [1.54, 1.807) is 4.31 Å². The lowest BCUT2D eigenvalue weighted by molar-refractivity contribution is -0.121. The molecule has 0 bridgehead atoms. The molecule has 1 heterocycles. The highest BCUT2D eigenvalue weighted by Gasteiger charge is 2.43. The number of sulfonamides is 1. The van der Waals surface area contributed by atoms with Gasteiger partial charge in [0, 0.05) is 24.9 Å². The molecule has 4 nitrogen and oxygen atoms in total. The van der Waals surface area contributed by atoms with E-state index in [1.165, 1.54) is 12.8 Å². The first-order valence-corrected chi connectivity index (χ1v) is 9.21. The number of nitrogens with zero attached hydrogens (tertiary/aromatic N) is 1. The first-order chi connectivity index (χ1) is 9.08. The van der Waals surface area contributed by atoms with Crippen LogP contribution in [-0.4, -0.2) is 36.8 Å². The van der Waals surface area contributed by atoms with Gasteiger partial charge in [-0.05, 0) is 38.0 Å². The molecule has 0 radical (unpaired) electrons. The van der Waals surface area contributed by atoms with Gasteiger partial charge in [0.05, 0.1) is 5.75 Å². The number of hydrogen-bond donors (Lipinski definition) is 0. The van der Waals surface area contributed by atoms with E-state index in [9.17, 15) is 13.2 Å². The van der Waals surface area contributed by atoms with E-state index in [1.807, 2.05) is 0 Å². The molecule has 3 aliphatic rings. The molecule has 108 valence electrons. The fourth-order valence-electron chi connectivity index (χ4n) is 3.60. The van der Waals surface area contributed by atoms with Gasteiger partial charge in [-0.15, -0.1) is 0 Å². The summed E-state index contributed by atoms with van der Waals surface area (Å²) in [5.41, 5.74) is 0. The second kappa shape index (κ2) is 5.17. The fraction of sp³-hybridized carbons (Fsp3) is 0.929. The van der Waals surface area contributed by atoms with Crippen LogP contribution in [0.25, 0.3) is 0 Å². The fourth-order valence-corrected chi connectivity index (χ4v) is 5.54. The summed E-state index contributed by atoms with van der Waals surface area (Å²) in [6, 6.07) is -0.0285. The van der Waals surface area contributed by atoms with E-state index in [0.29, 0.717) is 18.9 Å². The van der Waals surface area contributed by atoms with Gasteiger partial charge in [0.15, 0.2) is 0 Å². The van der Waals surface area contributed by atoms with Crippen LogP contribution in [0.2, 0.25) is 0 Å². The molecule has 0 amide bonds. The Morgan fingerprint density at radius 3 is 2.53 bits per heavy atom. The number of hydrogen-bond acceptors (Lipinski definition) is 3. The van der Waals surface area contributed by atoms with Crippen LogP contribution in [0.1, 0.15) is 51.4 Å². The number of ketones is 1. The Bertz CT molecular complexity index is 455. The molecule has 2 saturated carbocycles. The van der Waals surface area contributed by atoms with Gasteiger partial charge in [-0.1, -0.05) is 12.8 Å². The molecule has 2 unspecified atom stereocenters. The van der Waals surface area contributed by atoms with Crippen molar-refractivity contribution in [3.8, 4) is 0 Å². The van der Waals surface area contributed by atoms with Gasteiger partial charge in [0.1, 0.15) is 5.78 Å². The molecule has 2 atom stereocenters. The summed E-state index contributed by atoms with van der Waals surface area (Å²) in [5.74, 6) is 1.20. The molecule has 3 rings (SSSR count). The predicted molar refractivity (Wildman–Crippen MR) is 73.2 cm³/mol. The summed E-state index contributed by atoms with van der Waals surface area (Å²) >= 11 is 0. The minimum Gasteiger partial charge on any atom is -0.299 e. The van der Waals surface area contributed by atoms with E-state index in [2.05, 4.69) is 0 Å². The SMILES string of the molecule is O=C1CCCC1C1CCCN1S(=O)(=O)CCC1CC1. The van der Waals surface area contributed by atoms with Crippen LogP contribution in [0, 0.1) is 11.8 Å². The quantitative estimate of drug-likeness (QED) is 0.776. The smallest absolute Gasteiger partial charge is 0.214 e. The van der Waals surface area contributed by atoms with Gasteiger partial charge in [-0.3, -0.25) is 4.79 Å². The lowest BCUT2D eigenvalue weighted by atomic mass is 9.96. The van der Waals surface area contributed by atoms with Gasteiger partial charge < -0.3 is 0 Å². The molecule has 0 aromatic heterocycles. The Hall–Kier alpha value is -0.420. The standard InChI is InChI=1S/C14H23NO3S/c16-14-5-1-3-12(14)13-4-2-9-15(13)19(17,18)10-8-11-6-7-11/h11-13H,1-10H2. The number of Topliss-reactive ketones (excluding diaryl/α,β-unsaturated/α-hetero) is 1. The molecule has 0 aromatic rings. The van der Waals surface area contributed by atoms with Crippen LogP contribution in [0.4, 0.5) is 0 Å². The maximum atomic E-state index is 12.5. The van der Waals surface area contributed by atoms with Gasteiger partial charge in [0.2, 0.25) is 10.0 Å². The molecule has 5 heteroatoms. The topological polar surface area (TPSA) is 54.5 Å². The summed E-state index contributed by atoms with van der Waals surface area (Å²) in [4.78, 5) is 11.9. The van der Waals surface area contributed by atoms with Gasteiger partial charge in [-0.25, -0.2) is 8.42 Å². The van der Waals surface area contributed by atoms with Crippen LogP contribution >= 0.6 is 0 Å². The molecular weight excluding hydrogens is 262 g/mol. The van der Waals surface area contributed by atoms with Gasteiger partial charge in [-0.2, -0.15) is 4.31 Å². The molecule has 3 fully saturated rings. The van der Waals surface area contributed by atoms with Crippen molar-refractivity contribution in [2.45, 2.75) is 57.4 Å². The molecule has 0 aromatic carbocycles. The second-order valence-electron chi connectivity index (χ2n) is 6.33. The Labute approximate surface area is 115 Å². The van der Waals surface area contributed by atoms with Crippen molar-refractivity contribution in [2.75, 3.05) is 12.3 Å². The van der Waals surface area contributed by atoms with E-state index in [-0.39, 0.29) is 23.5 Å². The zero-order chi connectivity index (χ0) is 13.5. The van der Waals surface area contributed by atoms with Crippen LogP contribution in [0.3, 0.4) is 0 Å². The summed E-state index contributed by atoms with van der Waals surface area (Å²) in [6.07, 6.45) is 7.46. The summed E-state index contributed by atoms with van der Waals surface area (Å²) in [5, 5.41) is 0. The first-order valence-electron chi connectivity index (χ1n) is 7.60. The Morgan fingerprint density at radius 2 is 1.89 bits per heavy atom. The lowest BCUT2D eigenvalue weighted by Gasteiger charge is -2.27. The van der Waals surface area contributed by atoms with Crippen molar-refractivity contribution in [1.82, 2.24) is 4.31 Å².